The van der Waals surface area contributed by atoms with Crippen LogP contribution in [0.1, 0.15) is 16.2 Å². The SMILES string of the molecule is COC(=O)c1cccc(OCc2nc3ccc(Oc4ccccc4)cc3n2C)c1. The normalized spacial score (nSPS) is 10.7. The zero-order valence-corrected chi connectivity index (χ0v) is 16.2. The van der Waals surface area contributed by atoms with Gasteiger partial charge in [-0.25, -0.2) is 9.78 Å². The lowest BCUT2D eigenvalue weighted by molar-refractivity contribution is 0.0600. The van der Waals surface area contributed by atoms with Crippen LogP contribution in [0.2, 0.25) is 0 Å². The molecular formula is C23H20N2O4. The van der Waals surface area contributed by atoms with Crippen molar-refractivity contribution in [2.75, 3.05) is 7.11 Å². The van der Waals surface area contributed by atoms with E-state index in [-0.39, 0.29) is 6.61 Å². The second kappa shape index (κ2) is 8.06. The van der Waals surface area contributed by atoms with E-state index in [1.165, 1.54) is 7.11 Å². The van der Waals surface area contributed by atoms with Gasteiger partial charge in [-0.05, 0) is 42.5 Å². The summed E-state index contributed by atoms with van der Waals surface area (Å²) in [6.45, 7) is 0.269. The summed E-state index contributed by atoms with van der Waals surface area (Å²) in [5.41, 5.74) is 2.24. The van der Waals surface area contributed by atoms with Crippen molar-refractivity contribution in [1.82, 2.24) is 9.55 Å². The van der Waals surface area contributed by atoms with E-state index in [1.807, 2.05) is 60.1 Å². The van der Waals surface area contributed by atoms with E-state index in [9.17, 15) is 4.79 Å². The van der Waals surface area contributed by atoms with Crippen LogP contribution >= 0.6 is 0 Å². The summed E-state index contributed by atoms with van der Waals surface area (Å²) in [5, 5.41) is 0. The fraction of sp³-hybridized carbons (Fsp3) is 0.130. The molecule has 146 valence electrons. The van der Waals surface area contributed by atoms with Crippen LogP contribution in [0.3, 0.4) is 0 Å². The summed E-state index contributed by atoms with van der Waals surface area (Å²) in [4.78, 5) is 16.3. The van der Waals surface area contributed by atoms with Crippen molar-refractivity contribution in [3.05, 3.63) is 84.2 Å². The number of hydrogen-bond acceptors (Lipinski definition) is 5. The van der Waals surface area contributed by atoms with Crippen molar-refractivity contribution in [2.24, 2.45) is 7.05 Å². The fourth-order valence-electron chi connectivity index (χ4n) is 3.02. The second-order valence-electron chi connectivity index (χ2n) is 6.46. The molecule has 4 rings (SSSR count). The molecule has 0 radical (unpaired) electrons. The van der Waals surface area contributed by atoms with Crippen molar-refractivity contribution < 1.29 is 19.0 Å². The van der Waals surface area contributed by atoms with Gasteiger partial charge in [-0.15, -0.1) is 0 Å². The van der Waals surface area contributed by atoms with E-state index in [4.69, 9.17) is 14.2 Å². The van der Waals surface area contributed by atoms with Crippen LogP contribution in [0.25, 0.3) is 11.0 Å². The zero-order chi connectivity index (χ0) is 20.2. The lowest BCUT2D eigenvalue weighted by atomic mass is 10.2. The molecule has 0 unspecified atom stereocenters. The first-order valence-electron chi connectivity index (χ1n) is 9.13. The summed E-state index contributed by atoms with van der Waals surface area (Å²) in [5.74, 6) is 2.46. The number of esters is 1. The zero-order valence-electron chi connectivity index (χ0n) is 16.2. The van der Waals surface area contributed by atoms with Crippen molar-refractivity contribution in [1.29, 1.82) is 0 Å². The van der Waals surface area contributed by atoms with Gasteiger partial charge in [0.15, 0.2) is 0 Å². The molecule has 0 aliphatic carbocycles. The fourth-order valence-corrected chi connectivity index (χ4v) is 3.02. The smallest absolute Gasteiger partial charge is 0.337 e. The van der Waals surface area contributed by atoms with Crippen LogP contribution in [0.5, 0.6) is 17.2 Å². The number of rotatable bonds is 6. The first-order valence-corrected chi connectivity index (χ1v) is 9.13. The number of para-hydroxylation sites is 1. The van der Waals surface area contributed by atoms with Gasteiger partial charge >= 0.3 is 5.97 Å². The second-order valence-corrected chi connectivity index (χ2v) is 6.46. The summed E-state index contributed by atoms with van der Waals surface area (Å²) >= 11 is 0. The van der Waals surface area contributed by atoms with E-state index >= 15 is 0 Å². The minimum absolute atomic E-state index is 0.269. The average molecular weight is 388 g/mol. The van der Waals surface area contributed by atoms with Gasteiger partial charge in [0.05, 0.1) is 23.7 Å². The van der Waals surface area contributed by atoms with Gasteiger partial charge in [-0.1, -0.05) is 24.3 Å². The summed E-state index contributed by atoms with van der Waals surface area (Å²) in [6, 6.07) is 22.3. The highest BCUT2D eigenvalue weighted by Crippen LogP contribution is 2.26. The highest BCUT2D eigenvalue weighted by atomic mass is 16.5. The molecule has 3 aromatic carbocycles. The number of hydrogen-bond donors (Lipinski definition) is 0. The molecule has 4 aromatic rings. The topological polar surface area (TPSA) is 62.6 Å². The van der Waals surface area contributed by atoms with Crippen molar-refractivity contribution in [2.45, 2.75) is 6.61 Å². The molecule has 0 fully saturated rings. The number of carbonyl (C=O) groups excluding carboxylic acids is 1. The van der Waals surface area contributed by atoms with Crippen LogP contribution in [0, 0.1) is 0 Å². The van der Waals surface area contributed by atoms with Crippen LogP contribution < -0.4 is 9.47 Å². The van der Waals surface area contributed by atoms with Crippen LogP contribution in [-0.4, -0.2) is 22.6 Å². The maximum atomic E-state index is 11.7. The quantitative estimate of drug-likeness (QED) is 0.447. The van der Waals surface area contributed by atoms with Gasteiger partial charge in [0.2, 0.25) is 0 Å². The summed E-state index contributed by atoms with van der Waals surface area (Å²) in [6.07, 6.45) is 0. The van der Waals surface area contributed by atoms with Crippen LogP contribution in [-0.2, 0) is 18.4 Å². The van der Waals surface area contributed by atoms with Gasteiger partial charge in [0.1, 0.15) is 29.7 Å². The Morgan fingerprint density at radius 3 is 2.52 bits per heavy atom. The van der Waals surface area contributed by atoms with Crippen LogP contribution in [0.4, 0.5) is 0 Å². The Kier molecular flexibility index (Phi) is 5.16. The maximum Gasteiger partial charge on any atom is 0.337 e. The molecule has 1 aromatic heterocycles. The van der Waals surface area contributed by atoms with Crippen LogP contribution in [0.15, 0.2) is 72.8 Å². The number of carbonyl (C=O) groups is 1. The number of benzene rings is 3. The molecule has 0 bridgehead atoms. The minimum atomic E-state index is -0.399. The molecule has 0 atom stereocenters. The van der Waals surface area contributed by atoms with E-state index in [1.54, 1.807) is 24.3 Å². The number of methoxy groups -OCH3 is 1. The third-order valence-corrected chi connectivity index (χ3v) is 4.55. The molecule has 0 aliphatic rings. The highest BCUT2D eigenvalue weighted by molar-refractivity contribution is 5.89. The van der Waals surface area contributed by atoms with Crippen molar-refractivity contribution in [3.8, 4) is 17.2 Å². The maximum absolute atomic E-state index is 11.7. The van der Waals surface area contributed by atoms with E-state index in [0.717, 1.165) is 28.4 Å². The van der Waals surface area contributed by atoms with Crippen molar-refractivity contribution in [3.63, 3.8) is 0 Å². The predicted molar refractivity (Wildman–Crippen MR) is 109 cm³/mol. The standard InChI is InChI=1S/C23H20N2O4/c1-25-21-14-19(29-17-8-4-3-5-9-17)11-12-20(21)24-22(25)15-28-18-10-6-7-16(13-18)23(26)27-2/h3-14H,15H2,1-2H3. The number of aryl methyl sites for hydroxylation is 1. The molecule has 1 heterocycles. The number of nitrogens with zero attached hydrogens (tertiary/aromatic N) is 2. The Balaban J connectivity index is 1.53. The molecule has 0 saturated heterocycles. The monoisotopic (exact) mass is 388 g/mol. The van der Waals surface area contributed by atoms with E-state index in [2.05, 4.69) is 4.98 Å². The highest BCUT2D eigenvalue weighted by Gasteiger charge is 2.11. The molecule has 0 spiro atoms. The summed E-state index contributed by atoms with van der Waals surface area (Å²) in [7, 11) is 3.29. The summed E-state index contributed by atoms with van der Waals surface area (Å²) < 4.78 is 18.5. The third kappa shape index (κ3) is 4.06. The van der Waals surface area contributed by atoms with Crippen molar-refractivity contribution >= 4 is 17.0 Å². The first-order chi connectivity index (χ1) is 14.1. The Labute approximate surface area is 168 Å². The number of fused-ring (bicyclic) bond motifs is 1. The number of imidazole rings is 1. The largest absolute Gasteiger partial charge is 0.486 e. The number of aromatic nitrogens is 2. The lowest BCUT2D eigenvalue weighted by Crippen LogP contribution is -2.05. The van der Waals surface area contributed by atoms with Gasteiger partial charge in [0.25, 0.3) is 0 Å². The van der Waals surface area contributed by atoms with Gasteiger partial charge in [0, 0.05) is 13.1 Å². The first kappa shape index (κ1) is 18.6. The Morgan fingerprint density at radius 2 is 1.72 bits per heavy atom. The molecule has 6 nitrogen and oxygen atoms in total. The lowest BCUT2D eigenvalue weighted by Gasteiger charge is -2.08. The minimum Gasteiger partial charge on any atom is -0.486 e. The third-order valence-electron chi connectivity index (χ3n) is 4.55. The van der Waals surface area contributed by atoms with E-state index < -0.39 is 5.97 Å². The molecule has 0 N–H and O–H groups in total. The molecule has 29 heavy (non-hydrogen) atoms. The number of ether oxygens (including phenoxy) is 3. The van der Waals surface area contributed by atoms with Gasteiger partial charge in [-0.3, -0.25) is 0 Å². The molecular weight excluding hydrogens is 368 g/mol. The average Bonchev–Trinajstić information content (AvgIpc) is 3.08. The van der Waals surface area contributed by atoms with E-state index in [0.29, 0.717) is 11.3 Å². The molecule has 6 heteroatoms. The molecule has 0 saturated carbocycles. The predicted octanol–water partition coefficient (Wildman–Crippen LogP) is 4.73. The Hall–Kier alpha value is -3.80. The van der Waals surface area contributed by atoms with Gasteiger partial charge < -0.3 is 18.8 Å². The molecule has 0 amide bonds. The van der Waals surface area contributed by atoms with Gasteiger partial charge in [-0.2, -0.15) is 0 Å². The molecule has 0 aliphatic heterocycles. The Bertz CT molecular complexity index is 1150. The Morgan fingerprint density at radius 1 is 0.931 bits per heavy atom.